The first-order valence-electron chi connectivity index (χ1n) is 4.52. The van der Waals surface area contributed by atoms with E-state index in [1.54, 1.807) is 0 Å². The maximum atomic E-state index is 11.8. The average molecular weight is 197 g/mol. The van der Waals surface area contributed by atoms with Crippen LogP contribution >= 0.6 is 0 Å². The van der Waals surface area contributed by atoms with Crippen LogP contribution in [0.5, 0.6) is 0 Å². The second-order valence-electron chi connectivity index (χ2n) is 3.17. The molecule has 1 aliphatic rings. The molecule has 0 amide bonds. The summed E-state index contributed by atoms with van der Waals surface area (Å²) in [5, 5.41) is 0. The maximum Gasteiger partial charge on any atom is 0.480 e. The van der Waals surface area contributed by atoms with Crippen molar-refractivity contribution in [1.82, 2.24) is 0 Å². The van der Waals surface area contributed by atoms with E-state index in [9.17, 15) is 12.9 Å². The summed E-state index contributed by atoms with van der Waals surface area (Å²) in [6.07, 6.45) is 1.42. The first-order chi connectivity index (χ1) is 6.08. The first kappa shape index (κ1) is 10.9. The Labute approximate surface area is 75.5 Å². The Morgan fingerprint density at radius 3 is 2.62 bits per heavy atom. The van der Waals surface area contributed by atoms with E-state index in [0.29, 0.717) is 13.0 Å². The van der Waals surface area contributed by atoms with Crippen LogP contribution in [0.25, 0.3) is 0 Å². The van der Waals surface area contributed by atoms with Gasteiger partial charge in [-0.15, -0.1) is 0 Å². The molecule has 0 aromatic heterocycles. The highest BCUT2D eigenvalue weighted by Crippen LogP contribution is 2.17. The molecule has 0 bridgehead atoms. The van der Waals surface area contributed by atoms with E-state index in [0.717, 1.165) is 12.8 Å². The quantitative estimate of drug-likeness (QED) is 0.644. The summed E-state index contributed by atoms with van der Waals surface area (Å²) in [4.78, 5) is 0. The zero-order valence-corrected chi connectivity index (χ0v) is 7.35. The fourth-order valence-electron chi connectivity index (χ4n) is 1.18. The Bertz CT molecular complexity index is 145. The van der Waals surface area contributed by atoms with Gasteiger partial charge in [0, 0.05) is 13.2 Å². The van der Waals surface area contributed by atoms with E-state index in [-0.39, 0.29) is 6.61 Å². The summed E-state index contributed by atoms with van der Waals surface area (Å²) in [7, 11) is 0. The predicted molar refractivity (Wildman–Crippen MR) is 43.4 cm³/mol. The van der Waals surface area contributed by atoms with E-state index >= 15 is 0 Å². The lowest BCUT2D eigenvalue weighted by Gasteiger charge is -2.23. The van der Waals surface area contributed by atoms with Gasteiger partial charge < -0.3 is 22.4 Å². The van der Waals surface area contributed by atoms with Crippen LogP contribution in [0.1, 0.15) is 19.3 Å². The minimum absolute atomic E-state index is 0.270. The molecule has 0 N–H and O–H groups in total. The lowest BCUT2D eigenvalue weighted by Crippen LogP contribution is -2.25. The predicted octanol–water partition coefficient (Wildman–Crippen LogP) is 2.38. The van der Waals surface area contributed by atoms with Crippen molar-refractivity contribution in [3.8, 4) is 0 Å². The fraction of sp³-hybridized carbons (Fsp3) is 1.00. The molecule has 6 heteroatoms. The molecule has 78 valence electrons. The van der Waals surface area contributed by atoms with Gasteiger partial charge in [0.05, 0.1) is 0 Å². The van der Waals surface area contributed by atoms with Gasteiger partial charge in [-0.1, -0.05) is 6.32 Å². The monoisotopic (exact) mass is 197 g/mol. The standard InChI is InChI=1S/C7H13BF3O2/c9-8(10,11)4-6-13-7-3-1-2-5-12-7/h7H,1-6H2/q-1. The molecule has 1 rings (SSSR count). The van der Waals surface area contributed by atoms with Gasteiger partial charge in [0.2, 0.25) is 0 Å². The summed E-state index contributed by atoms with van der Waals surface area (Å²) in [6, 6.07) is 0. The third-order valence-electron chi connectivity index (χ3n) is 1.89. The van der Waals surface area contributed by atoms with E-state index in [1.165, 1.54) is 0 Å². The number of rotatable bonds is 4. The molecule has 0 radical (unpaired) electrons. The van der Waals surface area contributed by atoms with Crippen LogP contribution in [-0.4, -0.2) is 26.5 Å². The van der Waals surface area contributed by atoms with Crippen molar-refractivity contribution in [2.75, 3.05) is 13.2 Å². The average Bonchev–Trinajstić information content (AvgIpc) is 2.04. The minimum atomic E-state index is -4.71. The van der Waals surface area contributed by atoms with Gasteiger partial charge in [-0.25, -0.2) is 0 Å². The van der Waals surface area contributed by atoms with Gasteiger partial charge in [-0.3, -0.25) is 0 Å². The normalized spacial score (nSPS) is 24.7. The summed E-state index contributed by atoms with van der Waals surface area (Å²) in [6.45, 7) is -4.38. The number of ether oxygens (including phenoxy) is 2. The van der Waals surface area contributed by atoms with Gasteiger partial charge >= 0.3 is 6.98 Å². The molecule has 0 spiro atoms. The van der Waals surface area contributed by atoms with Gasteiger partial charge in [0.1, 0.15) is 0 Å². The largest absolute Gasteiger partial charge is 0.480 e. The van der Waals surface area contributed by atoms with Gasteiger partial charge in [0.25, 0.3) is 0 Å². The first-order valence-corrected chi connectivity index (χ1v) is 4.52. The minimum Gasteiger partial charge on any atom is -0.449 e. The molecule has 2 nitrogen and oxygen atoms in total. The third-order valence-corrected chi connectivity index (χ3v) is 1.89. The summed E-state index contributed by atoms with van der Waals surface area (Å²) in [5.41, 5.74) is 0. The zero-order chi connectivity index (χ0) is 9.73. The number of hydrogen-bond donors (Lipinski definition) is 0. The van der Waals surface area contributed by atoms with Crippen LogP contribution in [0.4, 0.5) is 12.9 Å². The molecule has 1 fully saturated rings. The van der Waals surface area contributed by atoms with Crippen molar-refractivity contribution in [2.45, 2.75) is 31.9 Å². The molecule has 1 heterocycles. The molecule has 0 aliphatic carbocycles. The van der Waals surface area contributed by atoms with Crippen molar-refractivity contribution in [3.05, 3.63) is 0 Å². The Hall–Kier alpha value is -0.225. The molecule has 1 saturated heterocycles. The number of hydrogen-bond acceptors (Lipinski definition) is 2. The van der Waals surface area contributed by atoms with E-state index < -0.39 is 19.6 Å². The maximum absolute atomic E-state index is 11.8. The molecular formula is C7H13BF3O2-. The summed E-state index contributed by atoms with van der Waals surface area (Å²) >= 11 is 0. The Morgan fingerprint density at radius 1 is 1.31 bits per heavy atom. The smallest absolute Gasteiger partial charge is 0.449 e. The van der Waals surface area contributed by atoms with Gasteiger partial charge in [-0.05, 0) is 19.3 Å². The van der Waals surface area contributed by atoms with Crippen molar-refractivity contribution in [3.63, 3.8) is 0 Å². The van der Waals surface area contributed by atoms with Crippen LogP contribution in [0.2, 0.25) is 6.32 Å². The summed E-state index contributed by atoms with van der Waals surface area (Å²) in [5.74, 6) is 0. The second kappa shape index (κ2) is 4.86. The molecule has 0 aromatic carbocycles. The van der Waals surface area contributed by atoms with E-state index in [4.69, 9.17) is 9.47 Å². The molecule has 1 unspecified atom stereocenters. The van der Waals surface area contributed by atoms with E-state index in [2.05, 4.69) is 0 Å². The Morgan fingerprint density at radius 2 is 2.08 bits per heavy atom. The van der Waals surface area contributed by atoms with E-state index in [1.807, 2.05) is 0 Å². The molecule has 1 aliphatic heterocycles. The SMILES string of the molecule is F[B-](F)(F)CCOC1CCCCO1. The third kappa shape index (κ3) is 5.15. The molecule has 0 aromatic rings. The van der Waals surface area contributed by atoms with Crippen molar-refractivity contribution >= 4 is 6.98 Å². The van der Waals surface area contributed by atoms with Crippen LogP contribution in [-0.2, 0) is 9.47 Å². The van der Waals surface area contributed by atoms with Crippen molar-refractivity contribution in [2.24, 2.45) is 0 Å². The summed E-state index contributed by atoms with van der Waals surface area (Å²) < 4.78 is 45.3. The lowest BCUT2D eigenvalue weighted by molar-refractivity contribution is -0.159. The molecule has 0 saturated carbocycles. The van der Waals surface area contributed by atoms with Gasteiger partial charge in [-0.2, -0.15) is 0 Å². The van der Waals surface area contributed by atoms with Crippen LogP contribution in [0.15, 0.2) is 0 Å². The Balaban J connectivity index is 2.04. The molecule has 13 heavy (non-hydrogen) atoms. The number of halogens is 3. The fourth-order valence-corrected chi connectivity index (χ4v) is 1.18. The van der Waals surface area contributed by atoms with Crippen LogP contribution in [0.3, 0.4) is 0 Å². The highest BCUT2D eigenvalue weighted by atomic mass is 19.4. The van der Waals surface area contributed by atoms with Crippen molar-refractivity contribution < 1.29 is 22.4 Å². The highest BCUT2D eigenvalue weighted by molar-refractivity contribution is 6.58. The van der Waals surface area contributed by atoms with Crippen molar-refractivity contribution in [1.29, 1.82) is 0 Å². The van der Waals surface area contributed by atoms with Crippen LogP contribution < -0.4 is 0 Å². The zero-order valence-electron chi connectivity index (χ0n) is 7.35. The Kier molecular flexibility index (Phi) is 4.06. The molecular weight excluding hydrogens is 184 g/mol. The van der Waals surface area contributed by atoms with Gasteiger partial charge in [0.15, 0.2) is 6.29 Å². The lowest BCUT2D eigenvalue weighted by atomic mass is 9.87. The highest BCUT2D eigenvalue weighted by Gasteiger charge is 2.23. The topological polar surface area (TPSA) is 18.5 Å². The second-order valence-corrected chi connectivity index (χ2v) is 3.17. The molecule has 1 atom stereocenters. The van der Waals surface area contributed by atoms with Crippen LogP contribution in [0, 0.1) is 0 Å².